The van der Waals surface area contributed by atoms with Crippen molar-refractivity contribution in [3.05, 3.63) is 24.3 Å². The zero-order valence-electron chi connectivity index (χ0n) is 12.3. The average molecular weight is 298 g/mol. The minimum atomic E-state index is -1.14. The van der Waals surface area contributed by atoms with Crippen LogP contribution in [0.3, 0.4) is 0 Å². The third kappa shape index (κ3) is 9.43. The summed E-state index contributed by atoms with van der Waals surface area (Å²) in [4.78, 5) is 31.3. The first kappa shape index (κ1) is 18.9. The molecule has 1 rings (SSSR count). The Bertz CT molecular complexity index is 406. The highest BCUT2D eigenvalue weighted by molar-refractivity contribution is 5.91. The van der Waals surface area contributed by atoms with E-state index in [1.807, 2.05) is 0 Å². The summed E-state index contributed by atoms with van der Waals surface area (Å²) in [6.45, 7) is 7.89. The molecule has 0 aliphatic heterocycles. The zero-order chi connectivity index (χ0) is 16.4. The van der Waals surface area contributed by atoms with Crippen LogP contribution in [0.15, 0.2) is 24.3 Å². The van der Waals surface area contributed by atoms with E-state index in [2.05, 4.69) is 13.2 Å². The predicted molar refractivity (Wildman–Crippen MR) is 76.8 cm³/mol. The molecule has 0 heterocycles. The molecule has 0 bridgehead atoms. The Balaban J connectivity index is 0.000000567. The van der Waals surface area contributed by atoms with Gasteiger partial charge in [-0.1, -0.05) is 19.6 Å². The van der Waals surface area contributed by atoms with Gasteiger partial charge in [0.2, 0.25) is 0 Å². The number of carboxylic acids is 2. The van der Waals surface area contributed by atoms with E-state index in [-0.39, 0.29) is 23.7 Å². The van der Waals surface area contributed by atoms with E-state index in [1.54, 1.807) is 0 Å². The normalized spacial score (nSPS) is 14.3. The third-order valence-corrected chi connectivity index (χ3v) is 2.88. The molecule has 6 heteroatoms. The molecule has 0 unspecified atom stereocenters. The van der Waals surface area contributed by atoms with Gasteiger partial charge in [0.15, 0.2) is 0 Å². The molecule has 0 aromatic heterocycles. The van der Waals surface area contributed by atoms with E-state index in [9.17, 15) is 14.4 Å². The predicted octanol–water partition coefficient (Wildman–Crippen LogP) is 2.54. The second-order valence-electron chi connectivity index (χ2n) is 4.92. The van der Waals surface area contributed by atoms with Crippen LogP contribution >= 0.6 is 0 Å². The molecule has 1 saturated carbocycles. The minimum absolute atomic E-state index is 0.0205. The van der Waals surface area contributed by atoms with Crippen molar-refractivity contribution < 1.29 is 29.3 Å². The topological polar surface area (TPSA) is 101 Å². The molecule has 1 aliphatic carbocycles. The third-order valence-electron chi connectivity index (χ3n) is 2.88. The second-order valence-corrected chi connectivity index (χ2v) is 4.92. The van der Waals surface area contributed by atoms with Crippen LogP contribution in [0.2, 0.25) is 0 Å². The van der Waals surface area contributed by atoms with Gasteiger partial charge in [-0.3, -0.25) is 4.79 Å². The molecular weight excluding hydrogens is 276 g/mol. The lowest BCUT2D eigenvalue weighted by atomic mass is 9.98. The lowest BCUT2D eigenvalue weighted by Gasteiger charge is -2.21. The van der Waals surface area contributed by atoms with Crippen LogP contribution < -0.4 is 0 Å². The average Bonchev–Trinajstić information content (AvgIpc) is 2.40. The summed E-state index contributed by atoms with van der Waals surface area (Å²) in [5.74, 6) is -2.56. The summed E-state index contributed by atoms with van der Waals surface area (Å²) >= 11 is 0. The van der Waals surface area contributed by atoms with Crippen molar-refractivity contribution in [2.45, 2.75) is 51.6 Å². The number of carbonyl (C=O) groups is 3. The maximum absolute atomic E-state index is 11.3. The van der Waals surface area contributed by atoms with Crippen molar-refractivity contribution in [2.24, 2.45) is 0 Å². The van der Waals surface area contributed by atoms with Gasteiger partial charge in [-0.05, 0) is 32.6 Å². The lowest BCUT2D eigenvalue weighted by molar-refractivity contribution is -0.151. The van der Waals surface area contributed by atoms with Gasteiger partial charge >= 0.3 is 17.9 Å². The molecule has 2 N–H and O–H groups in total. The van der Waals surface area contributed by atoms with Crippen LogP contribution in [0.25, 0.3) is 0 Å². The van der Waals surface area contributed by atoms with Crippen molar-refractivity contribution in [3.8, 4) is 0 Å². The number of carboxylic acid groups (broad SMARTS) is 2. The molecular formula is C15H22O6. The van der Waals surface area contributed by atoms with E-state index in [0.717, 1.165) is 25.7 Å². The van der Waals surface area contributed by atoms with E-state index in [1.165, 1.54) is 13.3 Å². The lowest BCUT2D eigenvalue weighted by Crippen LogP contribution is -2.21. The highest BCUT2D eigenvalue weighted by atomic mass is 16.5. The monoisotopic (exact) mass is 298 g/mol. The molecule has 0 aromatic rings. The van der Waals surface area contributed by atoms with Crippen LogP contribution in [-0.4, -0.2) is 34.2 Å². The van der Waals surface area contributed by atoms with Crippen molar-refractivity contribution >= 4 is 17.9 Å². The van der Waals surface area contributed by atoms with Gasteiger partial charge in [-0.25, -0.2) is 9.59 Å². The fourth-order valence-corrected chi connectivity index (χ4v) is 1.66. The number of rotatable bonds is 5. The molecule has 6 nitrogen and oxygen atoms in total. The Morgan fingerprint density at radius 1 is 1.05 bits per heavy atom. The van der Waals surface area contributed by atoms with Gasteiger partial charge in [0.25, 0.3) is 0 Å². The quantitative estimate of drug-likeness (QED) is 0.597. The van der Waals surface area contributed by atoms with Crippen LogP contribution in [0.1, 0.15) is 45.4 Å². The van der Waals surface area contributed by atoms with Crippen molar-refractivity contribution in [2.75, 3.05) is 0 Å². The van der Waals surface area contributed by atoms with Crippen molar-refractivity contribution in [1.29, 1.82) is 0 Å². The Morgan fingerprint density at radius 3 is 1.90 bits per heavy atom. The second kappa shape index (κ2) is 9.74. The van der Waals surface area contributed by atoms with Gasteiger partial charge in [-0.2, -0.15) is 0 Å². The standard InChI is InChI=1S/C11H16O4.C4H6O2/c1-8(11(13)14)7-10(12)15-9-5-3-2-4-6-9;1-3(2)4(5)6/h9H,1-7H2,(H,13,14);1H2,2H3,(H,5,6). The molecule has 118 valence electrons. The Hall–Kier alpha value is -2.11. The van der Waals surface area contributed by atoms with Crippen LogP contribution in [0.5, 0.6) is 0 Å². The molecule has 0 radical (unpaired) electrons. The summed E-state index contributed by atoms with van der Waals surface area (Å²) in [7, 11) is 0. The van der Waals surface area contributed by atoms with Crippen LogP contribution in [0, 0.1) is 0 Å². The molecule has 1 fully saturated rings. The first-order chi connectivity index (χ1) is 9.73. The molecule has 0 spiro atoms. The Morgan fingerprint density at radius 2 is 1.52 bits per heavy atom. The summed E-state index contributed by atoms with van der Waals surface area (Å²) in [5, 5.41) is 16.4. The summed E-state index contributed by atoms with van der Waals surface area (Å²) < 4.78 is 5.15. The number of carbonyl (C=O) groups excluding carboxylic acids is 1. The molecule has 0 saturated heterocycles. The first-order valence-corrected chi connectivity index (χ1v) is 6.73. The van der Waals surface area contributed by atoms with Crippen molar-refractivity contribution in [1.82, 2.24) is 0 Å². The molecule has 0 aromatic carbocycles. The molecule has 1 aliphatic rings. The first-order valence-electron chi connectivity index (χ1n) is 6.73. The number of aliphatic carboxylic acids is 2. The number of hydrogen-bond donors (Lipinski definition) is 2. The fraction of sp³-hybridized carbons (Fsp3) is 0.533. The molecule has 21 heavy (non-hydrogen) atoms. The van der Waals surface area contributed by atoms with Gasteiger partial charge in [-0.15, -0.1) is 0 Å². The van der Waals surface area contributed by atoms with E-state index in [4.69, 9.17) is 14.9 Å². The van der Waals surface area contributed by atoms with E-state index in [0.29, 0.717) is 0 Å². The van der Waals surface area contributed by atoms with E-state index < -0.39 is 17.9 Å². The van der Waals surface area contributed by atoms with Crippen molar-refractivity contribution in [3.63, 3.8) is 0 Å². The maximum atomic E-state index is 11.3. The Labute approximate surface area is 124 Å². The zero-order valence-corrected chi connectivity index (χ0v) is 12.3. The highest BCUT2D eigenvalue weighted by Crippen LogP contribution is 2.21. The Kier molecular flexibility index (Phi) is 8.76. The smallest absolute Gasteiger partial charge is 0.331 e. The largest absolute Gasteiger partial charge is 0.478 e. The maximum Gasteiger partial charge on any atom is 0.331 e. The van der Waals surface area contributed by atoms with Crippen LogP contribution in [0.4, 0.5) is 0 Å². The number of hydrogen-bond acceptors (Lipinski definition) is 4. The highest BCUT2D eigenvalue weighted by Gasteiger charge is 2.19. The molecule has 0 atom stereocenters. The number of ether oxygens (including phenoxy) is 1. The van der Waals surface area contributed by atoms with Crippen LogP contribution in [-0.2, 0) is 19.1 Å². The fourth-order valence-electron chi connectivity index (χ4n) is 1.66. The van der Waals surface area contributed by atoms with E-state index >= 15 is 0 Å². The molecule has 0 amide bonds. The summed E-state index contributed by atoms with van der Waals surface area (Å²) in [6, 6.07) is 0. The van der Waals surface area contributed by atoms with Gasteiger partial charge in [0.1, 0.15) is 6.10 Å². The van der Waals surface area contributed by atoms with Gasteiger partial charge in [0, 0.05) is 11.1 Å². The van der Waals surface area contributed by atoms with Gasteiger partial charge < -0.3 is 14.9 Å². The SMILES string of the molecule is C=C(C)C(=O)O.C=C(CC(=O)OC1CCCCC1)C(=O)O. The summed E-state index contributed by atoms with van der Waals surface area (Å²) in [5.41, 5.74) is 0.0609. The summed E-state index contributed by atoms with van der Waals surface area (Å²) in [6.07, 6.45) is 4.90. The minimum Gasteiger partial charge on any atom is -0.478 e. The van der Waals surface area contributed by atoms with Gasteiger partial charge in [0.05, 0.1) is 6.42 Å². The number of esters is 1.